The van der Waals surface area contributed by atoms with E-state index in [4.69, 9.17) is 4.42 Å². The first kappa shape index (κ1) is 13.1. The molecule has 0 aliphatic heterocycles. The highest BCUT2D eigenvalue weighted by Crippen LogP contribution is 2.15. The summed E-state index contributed by atoms with van der Waals surface area (Å²) >= 11 is 0. The van der Waals surface area contributed by atoms with Gasteiger partial charge in [0, 0.05) is 25.2 Å². The average Bonchev–Trinajstić information content (AvgIpc) is 3.12. The van der Waals surface area contributed by atoms with Crippen LogP contribution in [0.3, 0.4) is 0 Å². The van der Waals surface area contributed by atoms with Gasteiger partial charge < -0.3 is 8.98 Å². The van der Waals surface area contributed by atoms with Crippen molar-refractivity contribution in [2.24, 2.45) is 7.05 Å². The molecule has 0 aromatic carbocycles. The summed E-state index contributed by atoms with van der Waals surface area (Å²) in [6, 6.07) is 8.39. The highest BCUT2D eigenvalue weighted by atomic mass is 16.3. The van der Waals surface area contributed by atoms with Crippen LogP contribution in [0.15, 0.2) is 52.1 Å². The second-order valence-electron chi connectivity index (χ2n) is 4.70. The molecule has 0 aliphatic carbocycles. The molecule has 3 aromatic rings. The highest BCUT2D eigenvalue weighted by molar-refractivity contribution is 6.07. The molecular formula is C15H13N3O3. The molecular weight excluding hydrogens is 270 g/mol. The number of nitrogens with zero attached hydrogens (tertiary/aromatic N) is 2. The summed E-state index contributed by atoms with van der Waals surface area (Å²) in [7, 11) is 1.83. The van der Waals surface area contributed by atoms with E-state index in [1.165, 1.54) is 18.6 Å². The van der Waals surface area contributed by atoms with Gasteiger partial charge in [-0.2, -0.15) is 5.10 Å². The van der Waals surface area contributed by atoms with Crippen LogP contribution >= 0.6 is 0 Å². The third kappa shape index (κ3) is 2.55. The number of hydrogen-bond donors (Lipinski definition) is 1. The molecule has 0 radical (unpaired) electrons. The van der Waals surface area contributed by atoms with E-state index >= 15 is 0 Å². The Balaban J connectivity index is 1.87. The fourth-order valence-electron chi connectivity index (χ4n) is 2.16. The van der Waals surface area contributed by atoms with Crippen molar-refractivity contribution in [2.45, 2.75) is 6.42 Å². The Bertz CT molecular complexity index is 808. The normalized spacial score (nSPS) is 10.7. The third-order valence-corrected chi connectivity index (χ3v) is 3.34. The average molecular weight is 283 g/mol. The van der Waals surface area contributed by atoms with Gasteiger partial charge in [0.25, 0.3) is 5.56 Å². The second kappa shape index (κ2) is 5.24. The molecule has 106 valence electrons. The number of aromatic nitrogens is 3. The number of rotatable bonds is 4. The summed E-state index contributed by atoms with van der Waals surface area (Å²) in [4.78, 5) is 23.3. The SMILES string of the molecule is Cn1c(Cc2ccc(=O)[nH]n2)ccc1C(=O)c1ccoc1. The van der Waals surface area contributed by atoms with E-state index < -0.39 is 0 Å². The van der Waals surface area contributed by atoms with Crippen LogP contribution in [0.4, 0.5) is 0 Å². The first-order valence-electron chi connectivity index (χ1n) is 6.41. The summed E-state index contributed by atoms with van der Waals surface area (Å²) in [5.41, 5.74) is 2.53. The maximum absolute atomic E-state index is 12.3. The number of hydrogen-bond acceptors (Lipinski definition) is 4. The summed E-state index contributed by atoms with van der Waals surface area (Å²) in [6.45, 7) is 0. The highest BCUT2D eigenvalue weighted by Gasteiger charge is 2.15. The van der Waals surface area contributed by atoms with Crippen LogP contribution in [0.5, 0.6) is 0 Å². The second-order valence-corrected chi connectivity index (χ2v) is 4.70. The van der Waals surface area contributed by atoms with Crippen molar-refractivity contribution in [3.8, 4) is 0 Å². The molecule has 0 atom stereocenters. The van der Waals surface area contributed by atoms with Gasteiger partial charge in [0.15, 0.2) is 0 Å². The smallest absolute Gasteiger partial charge is 0.264 e. The number of carbonyl (C=O) groups excluding carboxylic acids is 1. The number of carbonyl (C=O) groups is 1. The quantitative estimate of drug-likeness (QED) is 0.736. The van der Waals surface area contributed by atoms with Crippen LogP contribution in [0.1, 0.15) is 27.4 Å². The molecule has 0 bridgehead atoms. The van der Waals surface area contributed by atoms with Crippen molar-refractivity contribution < 1.29 is 9.21 Å². The largest absolute Gasteiger partial charge is 0.472 e. The van der Waals surface area contributed by atoms with Gasteiger partial charge in [-0.1, -0.05) is 0 Å². The van der Waals surface area contributed by atoms with Gasteiger partial charge in [-0.15, -0.1) is 0 Å². The standard InChI is InChI=1S/C15H13N3O3/c1-18-12(8-11-2-5-14(19)17-16-11)3-4-13(18)15(20)10-6-7-21-9-10/h2-7,9H,8H2,1H3,(H,17,19). The number of nitrogens with one attached hydrogen (secondary N) is 1. The van der Waals surface area contributed by atoms with Crippen LogP contribution in [-0.4, -0.2) is 20.5 Å². The van der Waals surface area contributed by atoms with E-state index in [1.54, 1.807) is 18.2 Å². The van der Waals surface area contributed by atoms with Gasteiger partial charge in [0.1, 0.15) is 6.26 Å². The number of ketones is 1. The maximum atomic E-state index is 12.3. The molecule has 0 spiro atoms. The number of H-pyrrole nitrogens is 1. The van der Waals surface area contributed by atoms with Crippen LogP contribution in [-0.2, 0) is 13.5 Å². The zero-order chi connectivity index (χ0) is 14.8. The molecule has 1 N–H and O–H groups in total. The van der Waals surface area contributed by atoms with E-state index in [-0.39, 0.29) is 11.3 Å². The Kier molecular flexibility index (Phi) is 3.27. The van der Waals surface area contributed by atoms with E-state index in [1.807, 2.05) is 17.7 Å². The van der Waals surface area contributed by atoms with Crippen LogP contribution < -0.4 is 5.56 Å². The molecule has 3 aromatic heterocycles. The monoisotopic (exact) mass is 283 g/mol. The first-order chi connectivity index (χ1) is 10.1. The fraction of sp³-hybridized carbons (Fsp3) is 0.133. The van der Waals surface area contributed by atoms with Gasteiger partial charge in [-0.3, -0.25) is 9.59 Å². The lowest BCUT2D eigenvalue weighted by Gasteiger charge is -2.06. The predicted molar refractivity (Wildman–Crippen MR) is 75.2 cm³/mol. The van der Waals surface area contributed by atoms with Crippen LogP contribution in [0, 0.1) is 0 Å². The Morgan fingerprint density at radius 3 is 2.81 bits per heavy atom. The zero-order valence-corrected chi connectivity index (χ0v) is 11.4. The molecule has 0 amide bonds. The molecule has 21 heavy (non-hydrogen) atoms. The van der Waals surface area contributed by atoms with Crippen molar-refractivity contribution in [3.63, 3.8) is 0 Å². The molecule has 0 unspecified atom stereocenters. The van der Waals surface area contributed by atoms with Gasteiger partial charge in [0.2, 0.25) is 5.78 Å². The van der Waals surface area contributed by atoms with Gasteiger partial charge in [-0.25, -0.2) is 5.10 Å². The molecule has 0 saturated heterocycles. The summed E-state index contributed by atoms with van der Waals surface area (Å²) < 4.78 is 6.76. The lowest BCUT2D eigenvalue weighted by molar-refractivity contribution is 0.103. The van der Waals surface area contributed by atoms with E-state index in [0.717, 1.165) is 11.4 Å². The summed E-state index contributed by atoms with van der Waals surface area (Å²) in [6.07, 6.45) is 3.44. The van der Waals surface area contributed by atoms with Crippen LogP contribution in [0.25, 0.3) is 0 Å². The molecule has 0 saturated carbocycles. The van der Waals surface area contributed by atoms with E-state index in [0.29, 0.717) is 17.7 Å². The maximum Gasteiger partial charge on any atom is 0.264 e. The molecule has 6 heteroatoms. The van der Waals surface area contributed by atoms with Crippen molar-refractivity contribution in [1.29, 1.82) is 0 Å². The Morgan fingerprint density at radius 2 is 2.14 bits per heavy atom. The lowest BCUT2D eigenvalue weighted by atomic mass is 10.2. The Morgan fingerprint density at radius 1 is 1.29 bits per heavy atom. The third-order valence-electron chi connectivity index (χ3n) is 3.34. The molecule has 0 aliphatic rings. The molecule has 3 rings (SSSR count). The van der Waals surface area contributed by atoms with Crippen molar-refractivity contribution >= 4 is 5.78 Å². The number of aromatic amines is 1. The first-order valence-corrected chi connectivity index (χ1v) is 6.41. The zero-order valence-electron chi connectivity index (χ0n) is 11.4. The van der Waals surface area contributed by atoms with Gasteiger partial charge in [-0.05, 0) is 24.3 Å². The molecule has 0 fully saturated rings. The summed E-state index contributed by atoms with van der Waals surface area (Å²) in [5, 5.41) is 6.37. The summed E-state index contributed by atoms with van der Waals surface area (Å²) in [5.74, 6) is -0.0908. The van der Waals surface area contributed by atoms with E-state index in [2.05, 4.69) is 10.2 Å². The molecule has 6 nitrogen and oxygen atoms in total. The fourth-order valence-corrected chi connectivity index (χ4v) is 2.16. The van der Waals surface area contributed by atoms with Gasteiger partial charge in [0.05, 0.1) is 23.2 Å². The van der Waals surface area contributed by atoms with Crippen LogP contribution in [0.2, 0.25) is 0 Å². The molecule has 3 heterocycles. The van der Waals surface area contributed by atoms with Crippen molar-refractivity contribution in [2.75, 3.05) is 0 Å². The minimum Gasteiger partial charge on any atom is -0.472 e. The topological polar surface area (TPSA) is 80.9 Å². The van der Waals surface area contributed by atoms with Crippen molar-refractivity contribution in [1.82, 2.24) is 14.8 Å². The van der Waals surface area contributed by atoms with Gasteiger partial charge >= 0.3 is 0 Å². The lowest BCUT2D eigenvalue weighted by Crippen LogP contribution is -2.11. The Hall–Kier alpha value is -2.89. The minimum absolute atomic E-state index is 0.0908. The number of furan rings is 1. The predicted octanol–water partition coefficient (Wildman–Crippen LogP) is 1.52. The minimum atomic E-state index is -0.235. The van der Waals surface area contributed by atoms with Crippen molar-refractivity contribution in [3.05, 3.63) is 75.9 Å². The Labute approximate surface area is 120 Å². The van der Waals surface area contributed by atoms with E-state index in [9.17, 15) is 9.59 Å².